The van der Waals surface area contributed by atoms with Crippen LogP contribution in [0, 0.1) is 0 Å². The fourth-order valence-corrected chi connectivity index (χ4v) is 2.11. The highest BCUT2D eigenvalue weighted by Crippen LogP contribution is 2.28. The number of carbonyl (C=O) groups is 1. The number of hydrogen-bond acceptors (Lipinski definition) is 3. The SMILES string of the molecule is CC(C(=O)Nc1ccc(OC(F)(F)F)cc1)n1nc(C(F)F)cc1C(F)F. The van der Waals surface area contributed by atoms with Crippen molar-refractivity contribution in [2.24, 2.45) is 0 Å². The summed E-state index contributed by atoms with van der Waals surface area (Å²) in [6.45, 7) is 1.16. The molecule has 1 amide bonds. The van der Waals surface area contributed by atoms with Crippen molar-refractivity contribution in [1.82, 2.24) is 9.78 Å². The molecule has 1 aromatic carbocycles. The summed E-state index contributed by atoms with van der Waals surface area (Å²) >= 11 is 0. The predicted octanol–water partition coefficient (Wildman–Crippen LogP) is 4.86. The first-order valence-electron chi connectivity index (χ1n) is 7.30. The van der Waals surface area contributed by atoms with Crippen molar-refractivity contribution in [3.8, 4) is 5.75 Å². The van der Waals surface area contributed by atoms with E-state index in [4.69, 9.17) is 0 Å². The van der Waals surface area contributed by atoms with Gasteiger partial charge in [-0.05, 0) is 37.3 Å². The summed E-state index contributed by atoms with van der Waals surface area (Å²) in [4.78, 5) is 12.2. The van der Waals surface area contributed by atoms with Gasteiger partial charge in [0.1, 0.15) is 23.2 Å². The van der Waals surface area contributed by atoms with E-state index in [0.29, 0.717) is 10.7 Å². The lowest BCUT2D eigenvalue weighted by Gasteiger charge is -2.16. The lowest BCUT2D eigenvalue weighted by Crippen LogP contribution is -2.26. The van der Waals surface area contributed by atoms with Crippen LogP contribution in [0.4, 0.5) is 36.4 Å². The average Bonchev–Trinajstić information content (AvgIpc) is 3.00. The zero-order chi connectivity index (χ0) is 20.4. The van der Waals surface area contributed by atoms with Gasteiger partial charge in [-0.3, -0.25) is 9.48 Å². The number of alkyl halides is 7. The Morgan fingerprint density at radius 1 is 1.11 bits per heavy atom. The number of rotatable bonds is 6. The van der Waals surface area contributed by atoms with Gasteiger partial charge in [0.25, 0.3) is 12.9 Å². The van der Waals surface area contributed by atoms with Gasteiger partial charge in [0.15, 0.2) is 0 Å². The molecule has 0 saturated carbocycles. The Morgan fingerprint density at radius 2 is 1.70 bits per heavy atom. The van der Waals surface area contributed by atoms with Crippen LogP contribution in [0.15, 0.2) is 30.3 Å². The monoisotopic (exact) mass is 399 g/mol. The molecule has 0 aliphatic carbocycles. The quantitative estimate of drug-likeness (QED) is 0.706. The van der Waals surface area contributed by atoms with Crippen LogP contribution in [0.5, 0.6) is 5.75 Å². The third-order valence-corrected chi connectivity index (χ3v) is 3.33. The average molecular weight is 399 g/mol. The first-order chi connectivity index (χ1) is 12.5. The summed E-state index contributed by atoms with van der Waals surface area (Å²) in [6, 6.07) is 3.17. The second-order valence-electron chi connectivity index (χ2n) is 5.28. The molecule has 2 rings (SSSR count). The lowest BCUT2D eigenvalue weighted by molar-refractivity contribution is -0.274. The Bertz CT molecular complexity index is 788. The maximum Gasteiger partial charge on any atom is 0.573 e. The standard InChI is InChI=1S/C15H12F7N3O2/c1-7(25-11(13(18)19)6-10(24-25)12(16)17)14(26)23-8-2-4-9(5-3-8)27-15(20,21)22/h2-7,12-13H,1H3,(H,23,26). The molecule has 0 aliphatic heterocycles. The zero-order valence-corrected chi connectivity index (χ0v) is 13.5. The molecule has 0 spiro atoms. The predicted molar refractivity (Wildman–Crippen MR) is 78.6 cm³/mol. The van der Waals surface area contributed by atoms with E-state index in [2.05, 4.69) is 15.2 Å². The minimum Gasteiger partial charge on any atom is -0.406 e. The van der Waals surface area contributed by atoms with E-state index in [1.807, 2.05) is 0 Å². The molecule has 1 unspecified atom stereocenters. The summed E-state index contributed by atoms with van der Waals surface area (Å²) in [5.74, 6) is -1.41. The van der Waals surface area contributed by atoms with E-state index in [0.717, 1.165) is 31.2 Å². The number of hydrogen-bond donors (Lipinski definition) is 1. The van der Waals surface area contributed by atoms with Gasteiger partial charge < -0.3 is 10.1 Å². The van der Waals surface area contributed by atoms with E-state index in [1.165, 1.54) is 0 Å². The fourth-order valence-electron chi connectivity index (χ4n) is 2.11. The van der Waals surface area contributed by atoms with E-state index in [-0.39, 0.29) is 5.69 Å². The van der Waals surface area contributed by atoms with Crippen LogP contribution < -0.4 is 10.1 Å². The van der Waals surface area contributed by atoms with Gasteiger partial charge in [-0.2, -0.15) is 5.10 Å². The van der Waals surface area contributed by atoms with Gasteiger partial charge in [0.05, 0.1) is 0 Å². The molecule has 1 heterocycles. The van der Waals surface area contributed by atoms with E-state index < -0.39 is 48.3 Å². The molecule has 148 valence electrons. The molecule has 5 nitrogen and oxygen atoms in total. The van der Waals surface area contributed by atoms with Crippen LogP contribution in [0.3, 0.4) is 0 Å². The molecule has 12 heteroatoms. The van der Waals surface area contributed by atoms with Crippen molar-refractivity contribution in [2.45, 2.75) is 32.2 Å². The number of nitrogens with one attached hydrogen (secondary N) is 1. The van der Waals surface area contributed by atoms with Crippen LogP contribution in [0.2, 0.25) is 0 Å². The van der Waals surface area contributed by atoms with E-state index in [1.54, 1.807) is 0 Å². The number of benzene rings is 1. The molecule has 0 aliphatic rings. The fraction of sp³-hybridized carbons (Fsp3) is 0.333. The second kappa shape index (κ2) is 7.84. The molecule has 27 heavy (non-hydrogen) atoms. The van der Waals surface area contributed by atoms with Crippen molar-refractivity contribution in [3.63, 3.8) is 0 Å². The van der Waals surface area contributed by atoms with Crippen LogP contribution in [0.1, 0.15) is 37.2 Å². The van der Waals surface area contributed by atoms with E-state index >= 15 is 0 Å². The number of nitrogens with zero attached hydrogens (tertiary/aromatic N) is 2. The zero-order valence-electron chi connectivity index (χ0n) is 13.5. The Hall–Kier alpha value is -2.79. The Morgan fingerprint density at radius 3 is 2.19 bits per heavy atom. The van der Waals surface area contributed by atoms with Gasteiger partial charge in [0, 0.05) is 5.69 Å². The first-order valence-corrected chi connectivity index (χ1v) is 7.30. The first kappa shape index (κ1) is 20.5. The van der Waals surface area contributed by atoms with Crippen LogP contribution in [-0.2, 0) is 4.79 Å². The summed E-state index contributed by atoms with van der Waals surface area (Å²) < 4.78 is 91.7. The second-order valence-corrected chi connectivity index (χ2v) is 5.28. The smallest absolute Gasteiger partial charge is 0.406 e. The normalized spacial score (nSPS) is 13.1. The van der Waals surface area contributed by atoms with Crippen LogP contribution in [-0.4, -0.2) is 22.1 Å². The highest BCUT2D eigenvalue weighted by atomic mass is 19.4. The largest absolute Gasteiger partial charge is 0.573 e. The molecule has 0 fully saturated rings. The summed E-state index contributed by atoms with van der Waals surface area (Å²) in [7, 11) is 0. The summed E-state index contributed by atoms with van der Waals surface area (Å²) in [6.07, 6.45) is -11.1. The van der Waals surface area contributed by atoms with Gasteiger partial charge >= 0.3 is 6.36 Å². The molecule has 0 bridgehead atoms. The topological polar surface area (TPSA) is 56.1 Å². The number of anilines is 1. The number of amides is 1. The molecule has 1 aromatic heterocycles. The number of ether oxygens (including phenoxy) is 1. The summed E-state index contributed by atoms with van der Waals surface area (Å²) in [5.41, 5.74) is -1.72. The van der Waals surface area contributed by atoms with Gasteiger partial charge in [0.2, 0.25) is 5.91 Å². The van der Waals surface area contributed by atoms with Gasteiger partial charge in [-0.15, -0.1) is 13.2 Å². The molecular weight excluding hydrogens is 387 g/mol. The van der Waals surface area contributed by atoms with Crippen molar-refractivity contribution in [1.29, 1.82) is 0 Å². The molecule has 1 N–H and O–H groups in total. The highest BCUT2D eigenvalue weighted by Gasteiger charge is 2.31. The van der Waals surface area contributed by atoms with Crippen molar-refractivity contribution < 1.29 is 40.3 Å². The van der Waals surface area contributed by atoms with Crippen molar-refractivity contribution in [3.05, 3.63) is 41.7 Å². The van der Waals surface area contributed by atoms with Crippen LogP contribution in [0.25, 0.3) is 0 Å². The maximum absolute atomic E-state index is 13.0. The van der Waals surface area contributed by atoms with Gasteiger partial charge in [-0.1, -0.05) is 0 Å². The van der Waals surface area contributed by atoms with Gasteiger partial charge in [-0.25, -0.2) is 17.6 Å². The van der Waals surface area contributed by atoms with E-state index in [9.17, 15) is 35.5 Å². The molecule has 0 saturated heterocycles. The van der Waals surface area contributed by atoms with Crippen molar-refractivity contribution >= 4 is 11.6 Å². The number of carbonyl (C=O) groups excluding carboxylic acids is 1. The molecule has 1 atom stereocenters. The Kier molecular flexibility index (Phi) is 5.96. The Labute approximate surface area is 147 Å². The van der Waals surface area contributed by atoms with Crippen LogP contribution >= 0.6 is 0 Å². The summed E-state index contributed by atoms with van der Waals surface area (Å²) in [5, 5.41) is 5.59. The Balaban J connectivity index is 2.14. The number of halogens is 7. The third kappa shape index (κ3) is 5.34. The maximum atomic E-state index is 13.0. The third-order valence-electron chi connectivity index (χ3n) is 3.33. The minimum atomic E-state index is -4.88. The number of aromatic nitrogens is 2. The molecule has 2 aromatic rings. The lowest BCUT2D eigenvalue weighted by atomic mass is 10.2. The highest BCUT2D eigenvalue weighted by molar-refractivity contribution is 5.93. The minimum absolute atomic E-state index is 0.0428. The van der Waals surface area contributed by atoms with Crippen molar-refractivity contribution in [2.75, 3.05) is 5.32 Å². The molecule has 0 radical (unpaired) electrons. The molecular formula is C15H12F7N3O2.